The predicted molar refractivity (Wildman–Crippen MR) is 65.1 cm³/mol. The lowest BCUT2D eigenvalue weighted by Crippen LogP contribution is -2.25. The first-order valence-corrected chi connectivity index (χ1v) is 6.52. The molecule has 0 amide bonds. The van der Waals surface area contributed by atoms with E-state index in [1.807, 2.05) is 13.8 Å². The van der Waals surface area contributed by atoms with Crippen molar-refractivity contribution in [3.63, 3.8) is 0 Å². The van der Waals surface area contributed by atoms with Crippen LogP contribution in [0.4, 0.5) is 0 Å². The van der Waals surface area contributed by atoms with Crippen molar-refractivity contribution in [1.82, 2.24) is 0 Å². The highest BCUT2D eigenvalue weighted by Gasteiger charge is 2.12. The van der Waals surface area contributed by atoms with Gasteiger partial charge in [0.2, 0.25) is 0 Å². The molecule has 0 aliphatic heterocycles. The van der Waals surface area contributed by atoms with E-state index >= 15 is 0 Å². The van der Waals surface area contributed by atoms with Crippen LogP contribution in [0.3, 0.4) is 0 Å². The van der Waals surface area contributed by atoms with Crippen molar-refractivity contribution in [2.24, 2.45) is 0 Å². The Morgan fingerprint density at radius 1 is 1.00 bits per heavy atom. The van der Waals surface area contributed by atoms with E-state index in [-0.39, 0.29) is 12.2 Å². The molecule has 0 rings (SSSR count). The molecule has 15 heavy (non-hydrogen) atoms. The van der Waals surface area contributed by atoms with Crippen molar-refractivity contribution in [2.75, 3.05) is 6.61 Å². The second-order valence-corrected chi connectivity index (χ2v) is 4.28. The summed E-state index contributed by atoms with van der Waals surface area (Å²) in [5, 5.41) is 9.73. The lowest BCUT2D eigenvalue weighted by Gasteiger charge is -2.18. The molecule has 0 heterocycles. The highest BCUT2D eigenvalue weighted by molar-refractivity contribution is 4.63. The summed E-state index contributed by atoms with van der Waals surface area (Å²) in [5.41, 5.74) is 0. The van der Waals surface area contributed by atoms with Gasteiger partial charge in [0, 0.05) is 6.61 Å². The smallest absolute Gasteiger partial charge is 0.0805 e. The monoisotopic (exact) mass is 216 g/mol. The predicted octanol–water partition coefficient (Wildman–Crippen LogP) is 3.52. The van der Waals surface area contributed by atoms with E-state index in [4.69, 9.17) is 4.74 Å². The first kappa shape index (κ1) is 14.9. The van der Waals surface area contributed by atoms with E-state index in [1.54, 1.807) is 0 Å². The molecule has 1 N–H and O–H groups in total. The summed E-state index contributed by atoms with van der Waals surface area (Å²) in [6.45, 7) is 6.83. The number of hydrogen-bond donors (Lipinski definition) is 1. The minimum Gasteiger partial charge on any atom is -0.390 e. The van der Waals surface area contributed by atoms with Crippen molar-refractivity contribution >= 4 is 0 Å². The van der Waals surface area contributed by atoms with Crippen molar-refractivity contribution in [3.05, 3.63) is 0 Å². The van der Waals surface area contributed by atoms with E-state index in [9.17, 15) is 5.11 Å². The van der Waals surface area contributed by atoms with Gasteiger partial charge in [-0.15, -0.1) is 0 Å². The summed E-state index contributed by atoms with van der Waals surface area (Å²) in [5.74, 6) is 0. The van der Waals surface area contributed by atoms with Gasteiger partial charge < -0.3 is 9.84 Å². The summed E-state index contributed by atoms with van der Waals surface area (Å²) in [7, 11) is 0. The summed E-state index contributed by atoms with van der Waals surface area (Å²) in [4.78, 5) is 0. The van der Waals surface area contributed by atoms with E-state index < -0.39 is 0 Å². The summed E-state index contributed by atoms with van der Waals surface area (Å²) in [6, 6.07) is 0. The average Bonchev–Trinajstić information content (AvgIpc) is 2.23. The molecule has 0 aromatic rings. The summed E-state index contributed by atoms with van der Waals surface area (Å²) < 4.78 is 5.35. The SMILES string of the molecule is CCCCCCCCC(O)C(C)OCC. The third-order valence-electron chi connectivity index (χ3n) is 2.82. The lowest BCUT2D eigenvalue weighted by molar-refractivity contribution is -0.0256. The fraction of sp³-hybridized carbons (Fsp3) is 1.00. The summed E-state index contributed by atoms with van der Waals surface area (Å²) in [6.07, 6.45) is 8.26. The molecule has 2 heteroatoms. The Kier molecular flexibility index (Phi) is 10.4. The van der Waals surface area contributed by atoms with Gasteiger partial charge in [-0.2, -0.15) is 0 Å². The first-order chi connectivity index (χ1) is 7.22. The third-order valence-corrected chi connectivity index (χ3v) is 2.82. The van der Waals surface area contributed by atoms with E-state index in [2.05, 4.69) is 6.92 Å². The Hall–Kier alpha value is -0.0800. The molecule has 0 fully saturated rings. The van der Waals surface area contributed by atoms with Gasteiger partial charge in [0.05, 0.1) is 12.2 Å². The largest absolute Gasteiger partial charge is 0.390 e. The molecule has 0 aliphatic rings. The zero-order chi connectivity index (χ0) is 11.5. The zero-order valence-electron chi connectivity index (χ0n) is 10.7. The van der Waals surface area contributed by atoms with Crippen molar-refractivity contribution in [2.45, 2.75) is 77.9 Å². The fourth-order valence-corrected chi connectivity index (χ4v) is 1.74. The van der Waals surface area contributed by atoms with Gasteiger partial charge in [0.1, 0.15) is 0 Å². The minimum absolute atomic E-state index is 0.00866. The lowest BCUT2D eigenvalue weighted by atomic mass is 10.0. The Balaban J connectivity index is 3.26. The topological polar surface area (TPSA) is 29.5 Å². The number of rotatable bonds is 10. The van der Waals surface area contributed by atoms with Gasteiger partial charge in [-0.1, -0.05) is 45.4 Å². The molecule has 0 saturated carbocycles. The molecule has 0 aromatic heterocycles. The molecule has 92 valence electrons. The Morgan fingerprint density at radius 2 is 1.60 bits per heavy atom. The molecular weight excluding hydrogens is 188 g/mol. The average molecular weight is 216 g/mol. The molecule has 2 unspecified atom stereocenters. The number of ether oxygens (including phenoxy) is 1. The molecule has 2 nitrogen and oxygen atoms in total. The van der Waals surface area contributed by atoms with E-state index in [0.717, 1.165) is 12.8 Å². The molecule has 0 aromatic carbocycles. The van der Waals surface area contributed by atoms with Crippen LogP contribution >= 0.6 is 0 Å². The van der Waals surface area contributed by atoms with E-state index in [0.29, 0.717) is 6.61 Å². The maximum Gasteiger partial charge on any atom is 0.0805 e. The van der Waals surface area contributed by atoms with Crippen LogP contribution in [0.5, 0.6) is 0 Å². The number of aliphatic hydroxyl groups is 1. The second-order valence-electron chi connectivity index (χ2n) is 4.28. The van der Waals surface area contributed by atoms with E-state index in [1.165, 1.54) is 32.1 Å². The van der Waals surface area contributed by atoms with Gasteiger partial charge in [-0.05, 0) is 20.3 Å². The van der Waals surface area contributed by atoms with Gasteiger partial charge in [-0.25, -0.2) is 0 Å². The van der Waals surface area contributed by atoms with Crippen LogP contribution in [0.2, 0.25) is 0 Å². The summed E-state index contributed by atoms with van der Waals surface area (Å²) >= 11 is 0. The Bertz CT molecular complexity index is 126. The van der Waals surface area contributed by atoms with Crippen molar-refractivity contribution < 1.29 is 9.84 Å². The number of unbranched alkanes of at least 4 members (excludes halogenated alkanes) is 5. The molecule has 0 aliphatic carbocycles. The van der Waals surface area contributed by atoms with Crippen LogP contribution in [0.1, 0.15) is 65.7 Å². The Labute approximate surface area is 95.0 Å². The van der Waals surface area contributed by atoms with Crippen LogP contribution in [-0.2, 0) is 4.74 Å². The van der Waals surface area contributed by atoms with Gasteiger partial charge >= 0.3 is 0 Å². The maximum atomic E-state index is 9.73. The standard InChI is InChI=1S/C13H28O2/c1-4-6-7-8-9-10-11-13(14)12(3)15-5-2/h12-14H,4-11H2,1-3H3. The molecule has 0 radical (unpaired) electrons. The van der Waals surface area contributed by atoms with Gasteiger partial charge in [0.25, 0.3) is 0 Å². The minimum atomic E-state index is -0.281. The maximum absolute atomic E-state index is 9.73. The highest BCUT2D eigenvalue weighted by atomic mass is 16.5. The quantitative estimate of drug-likeness (QED) is 0.566. The van der Waals surface area contributed by atoms with Crippen LogP contribution < -0.4 is 0 Å². The van der Waals surface area contributed by atoms with Crippen LogP contribution in [-0.4, -0.2) is 23.9 Å². The second kappa shape index (κ2) is 10.4. The van der Waals surface area contributed by atoms with Crippen LogP contribution in [0.15, 0.2) is 0 Å². The van der Waals surface area contributed by atoms with Gasteiger partial charge in [0.15, 0.2) is 0 Å². The number of aliphatic hydroxyl groups excluding tert-OH is 1. The van der Waals surface area contributed by atoms with Crippen molar-refractivity contribution in [3.8, 4) is 0 Å². The van der Waals surface area contributed by atoms with Crippen LogP contribution in [0, 0.1) is 0 Å². The molecular formula is C13H28O2. The molecule has 0 saturated heterocycles. The third kappa shape index (κ3) is 8.88. The van der Waals surface area contributed by atoms with Crippen LogP contribution in [0.25, 0.3) is 0 Å². The fourth-order valence-electron chi connectivity index (χ4n) is 1.74. The first-order valence-electron chi connectivity index (χ1n) is 6.52. The molecule has 2 atom stereocenters. The highest BCUT2D eigenvalue weighted by Crippen LogP contribution is 2.11. The zero-order valence-corrected chi connectivity index (χ0v) is 10.7. The normalized spacial score (nSPS) is 15.2. The molecule has 0 bridgehead atoms. The van der Waals surface area contributed by atoms with Crippen molar-refractivity contribution in [1.29, 1.82) is 0 Å². The Morgan fingerprint density at radius 3 is 2.20 bits per heavy atom. The molecule has 0 spiro atoms. The number of hydrogen-bond acceptors (Lipinski definition) is 2. The van der Waals surface area contributed by atoms with Gasteiger partial charge in [-0.3, -0.25) is 0 Å².